The van der Waals surface area contributed by atoms with Crippen molar-refractivity contribution >= 4 is 29.2 Å². The number of nitrogens with one attached hydrogen (secondary N) is 1. The third-order valence-corrected chi connectivity index (χ3v) is 2.98. The molecule has 0 fully saturated rings. The first kappa shape index (κ1) is 14.8. The van der Waals surface area contributed by atoms with Gasteiger partial charge in [-0.15, -0.1) is 0 Å². The minimum atomic E-state index is 0.303. The summed E-state index contributed by atoms with van der Waals surface area (Å²) in [6.07, 6.45) is 10.3. The zero-order valence-electron chi connectivity index (χ0n) is 12.4. The Balaban J connectivity index is 0.000000774. The Hall–Kier alpha value is -2.62. The van der Waals surface area contributed by atoms with E-state index >= 15 is 0 Å². The van der Waals surface area contributed by atoms with Gasteiger partial charge in [0, 0.05) is 30.5 Å². The van der Waals surface area contributed by atoms with E-state index < -0.39 is 0 Å². The lowest BCUT2D eigenvalue weighted by Crippen LogP contribution is -2.06. The highest BCUT2D eigenvalue weighted by atomic mass is 15.0. The Bertz CT molecular complexity index is 717. The van der Waals surface area contributed by atoms with Crippen molar-refractivity contribution in [1.29, 1.82) is 0 Å². The molecule has 0 radical (unpaired) electrons. The molecule has 0 saturated carbocycles. The lowest BCUT2D eigenvalue weighted by atomic mass is 10.1. The minimum absolute atomic E-state index is 0.303. The van der Waals surface area contributed by atoms with Crippen LogP contribution in [0.2, 0.25) is 0 Å². The number of aliphatic imine (C=N–C) groups is 2. The lowest BCUT2D eigenvalue weighted by molar-refractivity contribution is 1.36. The maximum absolute atomic E-state index is 5.53. The fourth-order valence-corrected chi connectivity index (χ4v) is 1.97. The molecule has 0 saturated heterocycles. The molecule has 108 valence electrons. The molecule has 1 aliphatic rings. The molecular weight excluding hydrogens is 260 g/mol. The summed E-state index contributed by atoms with van der Waals surface area (Å²) < 4.78 is 0. The summed E-state index contributed by atoms with van der Waals surface area (Å²) in [5.41, 5.74) is 8.92. The van der Waals surface area contributed by atoms with Crippen LogP contribution in [-0.4, -0.2) is 17.2 Å². The number of aromatic amines is 1. The zero-order valence-corrected chi connectivity index (χ0v) is 12.4. The molecular formula is C17H20N4. The fraction of sp³-hybridized carbons (Fsp3) is 0.176. The molecule has 4 heteroatoms. The summed E-state index contributed by atoms with van der Waals surface area (Å²) in [5.74, 6) is 0.303. The van der Waals surface area contributed by atoms with Crippen molar-refractivity contribution in [1.82, 2.24) is 4.98 Å². The van der Waals surface area contributed by atoms with Crippen LogP contribution in [-0.2, 0) is 0 Å². The van der Waals surface area contributed by atoms with Crippen LogP contribution in [0.4, 0.5) is 0 Å². The van der Waals surface area contributed by atoms with Crippen molar-refractivity contribution in [2.24, 2.45) is 15.7 Å². The van der Waals surface area contributed by atoms with Gasteiger partial charge in [-0.1, -0.05) is 32.1 Å². The van der Waals surface area contributed by atoms with Crippen LogP contribution in [0.15, 0.2) is 58.3 Å². The molecule has 1 aliphatic heterocycles. The molecule has 0 spiro atoms. The molecule has 0 unspecified atom stereocenters. The maximum Gasteiger partial charge on any atom is 0.219 e. The second-order valence-electron chi connectivity index (χ2n) is 4.36. The van der Waals surface area contributed by atoms with Crippen LogP contribution >= 0.6 is 0 Å². The van der Waals surface area contributed by atoms with Crippen LogP contribution in [0.5, 0.6) is 0 Å². The van der Waals surface area contributed by atoms with Crippen molar-refractivity contribution < 1.29 is 0 Å². The van der Waals surface area contributed by atoms with Gasteiger partial charge in [-0.3, -0.25) is 0 Å². The van der Waals surface area contributed by atoms with Crippen molar-refractivity contribution in [2.45, 2.75) is 20.3 Å². The number of rotatable bonds is 2. The topological polar surface area (TPSA) is 66.5 Å². The highest BCUT2D eigenvalue weighted by Gasteiger charge is 1.97. The number of guanidine groups is 1. The van der Waals surface area contributed by atoms with Crippen LogP contribution in [0, 0.1) is 0 Å². The van der Waals surface area contributed by atoms with Crippen molar-refractivity contribution in [3.8, 4) is 0 Å². The van der Waals surface area contributed by atoms with Crippen molar-refractivity contribution in [2.75, 3.05) is 0 Å². The average Bonchev–Trinajstić information content (AvgIpc) is 2.89. The number of hydrogen-bond donors (Lipinski definition) is 2. The number of H-pyrrole nitrogens is 1. The molecule has 3 rings (SSSR count). The number of nitrogens with two attached hydrogens (primary N) is 1. The van der Waals surface area contributed by atoms with Gasteiger partial charge in [0.05, 0.1) is 0 Å². The Kier molecular flexibility index (Phi) is 5.10. The lowest BCUT2D eigenvalue weighted by Gasteiger charge is -1.96. The minimum Gasteiger partial charge on any atom is -0.368 e. The number of nitrogens with zero attached hydrogens (tertiary/aromatic N) is 2. The molecule has 2 aromatic rings. The molecule has 3 N–H and O–H groups in total. The van der Waals surface area contributed by atoms with Gasteiger partial charge >= 0.3 is 0 Å². The Morgan fingerprint density at radius 2 is 2.05 bits per heavy atom. The predicted molar refractivity (Wildman–Crippen MR) is 91.5 cm³/mol. The van der Waals surface area contributed by atoms with Crippen LogP contribution in [0.3, 0.4) is 0 Å². The van der Waals surface area contributed by atoms with E-state index in [4.69, 9.17) is 5.73 Å². The quantitative estimate of drug-likeness (QED) is 0.861. The van der Waals surface area contributed by atoms with Crippen molar-refractivity contribution in [3.63, 3.8) is 0 Å². The number of allylic oxidation sites excluding steroid dienone is 2. The van der Waals surface area contributed by atoms with Gasteiger partial charge in [0.15, 0.2) is 0 Å². The molecule has 1 aromatic carbocycles. The number of aromatic nitrogens is 1. The second-order valence-corrected chi connectivity index (χ2v) is 4.36. The summed E-state index contributed by atoms with van der Waals surface area (Å²) in [6, 6.07) is 8.37. The molecule has 4 nitrogen and oxygen atoms in total. The SMILES string of the molecule is CC.NC1=NC=C(/C=C/c2ccc3[nH]ccc3c2)CC=N1. The number of hydrogen-bond acceptors (Lipinski definition) is 3. The van der Waals surface area contributed by atoms with E-state index in [2.05, 4.69) is 45.3 Å². The number of benzene rings is 1. The fourth-order valence-electron chi connectivity index (χ4n) is 1.97. The smallest absolute Gasteiger partial charge is 0.219 e. The van der Waals surface area contributed by atoms with Gasteiger partial charge in [0.2, 0.25) is 5.96 Å². The Labute approximate surface area is 124 Å². The highest BCUT2D eigenvalue weighted by molar-refractivity contribution is 5.88. The van der Waals surface area contributed by atoms with E-state index in [0.29, 0.717) is 5.96 Å². The van der Waals surface area contributed by atoms with Gasteiger partial charge in [0.1, 0.15) is 0 Å². The summed E-state index contributed by atoms with van der Waals surface area (Å²) >= 11 is 0. The van der Waals surface area contributed by atoms with E-state index in [0.717, 1.165) is 23.1 Å². The third kappa shape index (κ3) is 3.92. The summed E-state index contributed by atoms with van der Waals surface area (Å²) in [7, 11) is 0. The maximum atomic E-state index is 5.53. The van der Waals surface area contributed by atoms with E-state index in [9.17, 15) is 0 Å². The van der Waals surface area contributed by atoms with E-state index in [-0.39, 0.29) is 0 Å². The summed E-state index contributed by atoms with van der Waals surface area (Å²) in [4.78, 5) is 11.2. The summed E-state index contributed by atoms with van der Waals surface area (Å²) in [5, 5.41) is 1.21. The largest absolute Gasteiger partial charge is 0.368 e. The predicted octanol–water partition coefficient (Wildman–Crippen LogP) is 3.88. The molecule has 0 bridgehead atoms. The monoisotopic (exact) mass is 280 g/mol. The summed E-state index contributed by atoms with van der Waals surface area (Å²) in [6.45, 7) is 4.00. The molecule has 1 aromatic heterocycles. The molecule has 0 atom stereocenters. The normalized spacial score (nSPS) is 14.4. The second kappa shape index (κ2) is 7.24. The molecule has 0 amide bonds. The van der Waals surface area contributed by atoms with Crippen molar-refractivity contribution in [3.05, 3.63) is 53.9 Å². The highest BCUT2D eigenvalue weighted by Crippen LogP contribution is 2.16. The first-order chi connectivity index (χ1) is 10.3. The number of fused-ring (bicyclic) bond motifs is 1. The van der Waals surface area contributed by atoms with Gasteiger partial charge < -0.3 is 10.7 Å². The molecule has 2 heterocycles. The van der Waals surface area contributed by atoms with Crippen LogP contribution < -0.4 is 5.73 Å². The van der Waals surface area contributed by atoms with E-state index in [1.807, 2.05) is 26.1 Å². The van der Waals surface area contributed by atoms with Crippen LogP contribution in [0.1, 0.15) is 25.8 Å². The van der Waals surface area contributed by atoms with Gasteiger partial charge in [0.25, 0.3) is 0 Å². The first-order valence-electron chi connectivity index (χ1n) is 7.11. The van der Waals surface area contributed by atoms with Gasteiger partial charge in [-0.25, -0.2) is 9.98 Å². The first-order valence-corrected chi connectivity index (χ1v) is 7.11. The van der Waals surface area contributed by atoms with E-state index in [1.165, 1.54) is 5.39 Å². The molecule has 21 heavy (non-hydrogen) atoms. The Morgan fingerprint density at radius 1 is 1.19 bits per heavy atom. The van der Waals surface area contributed by atoms with E-state index in [1.54, 1.807) is 12.4 Å². The van der Waals surface area contributed by atoms with Gasteiger partial charge in [-0.05, 0) is 34.7 Å². The Morgan fingerprint density at radius 3 is 2.90 bits per heavy atom. The average molecular weight is 280 g/mol. The van der Waals surface area contributed by atoms with Crippen LogP contribution in [0.25, 0.3) is 17.0 Å². The third-order valence-electron chi connectivity index (χ3n) is 2.98. The molecule has 0 aliphatic carbocycles. The standard InChI is InChI=1S/C15H14N4.C2H6/c16-15-18-7-5-12(10-19-15)2-1-11-3-4-14-13(9-11)6-8-17-14;1-2/h1-4,6-10,17H,5H2,(H2,16,19);1-2H3/b2-1+;. The zero-order chi connectivity index (χ0) is 15.1. The van der Waals surface area contributed by atoms with Gasteiger partial charge in [-0.2, -0.15) is 0 Å².